The van der Waals surface area contributed by atoms with Crippen LogP contribution in [0, 0.1) is 13.8 Å². The molecule has 0 bridgehead atoms. The number of hydrogen-bond donors (Lipinski definition) is 1. The van der Waals surface area contributed by atoms with Crippen molar-refractivity contribution in [3.8, 4) is 5.75 Å². The summed E-state index contributed by atoms with van der Waals surface area (Å²) in [6, 6.07) is 7.43. The van der Waals surface area contributed by atoms with Gasteiger partial charge in [-0.15, -0.1) is 0 Å². The van der Waals surface area contributed by atoms with Gasteiger partial charge in [0.05, 0.1) is 5.52 Å². The van der Waals surface area contributed by atoms with Gasteiger partial charge in [-0.3, -0.25) is 4.98 Å². The van der Waals surface area contributed by atoms with Crippen LogP contribution in [0.25, 0.3) is 10.9 Å². The Morgan fingerprint density at radius 1 is 1.35 bits per heavy atom. The topological polar surface area (TPSA) is 59.4 Å². The number of pyridine rings is 1. The van der Waals surface area contributed by atoms with Crippen LogP contribution in [0.15, 0.2) is 24.3 Å². The molecule has 1 heterocycles. The van der Waals surface area contributed by atoms with E-state index >= 15 is 0 Å². The number of aromatic nitrogens is 1. The van der Waals surface area contributed by atoms with Gasteiger partial charge < -0.3 is 9.84 Å². The molecule has 17 heavy (non-hydrogen) atoms. The zero-order valence-corrected chi connectivity index (χ0v) is 9.73. The number of carbonyl (C=O) groups is 1. The van der Waals surface area contributed by atoms with Gasteiger partial charge in [-0.1, -0.05) is 0 Å². The second kappa shape index (κ2) is 4.41. The second-order valence-corrected chi connectivity index (χ2v) is 3.94. The Morgan fingerprint density at radius 2 is 2.12 bits per heavy atom. The zero-order valence-electron chi connectivity index (χ0n) is 9.73. The first kappa shape index (κ1) is 11.4. The van der Waals surface area contributed by atoms with Crippen LogP contribution in [0.3, 0.4) is 0 Å². The summed E-state index contributed by atoms with van der Waals surface area (Å²) in [7, 11) is 0. The van der Waals surface area contributed by atoms with Crippen molar-refractivity contribution < 1.29 is 14.6 Å². The SMILES string of the molecule is Cc1cc(C)c2ccc(OCC(=O)O)cc2n1. The quantitative estimate of drug-likeness (QED) is 0.880. The van der Waals surface area contributed by atoms with E-state index in [1.807, 2.05) is 26.0 Å². The van der Waals surface area contributed by atoms with Crippen molar-refractivity contribution in [2.45, 2.75) is 13.8 Å². The van der Waals surface area contributed by atoms with Gasteiger partial charge in [0.15, 0.2) is 6.61 Å². The molecule has 2 aromatic rings. The van der Waals surface area contributed by atoms with E-state index in [0.717, 1.165) is 22.2 Å². The minimum Gasteiger partial charge on any atom is -0.482 e. The molecule has 2 rings (SSSR count). The van der Waals surface area contributed by atoms with Crippen LogP contribution < -0.4 is 4.74 Å². The van der Waals surface area contributed by atoms with Crippen molar-refractivity contribution in [2.75, 3.05) is 6.61 Å². The number of ether oxygens (including phenoxy) is 1. The van der Waals surface area contributed by atoms with E-state index in [1.165, 1.54) is 0 Å². The van der Waals surface area contributed by atoms with Crippen LogP contribution in [0.2, 0.25) is 0 Å². The number of hydrogen-bond acceptors (Lipinski definition) is 3. The summed E-state index contributed by atoms with van der Waals surface area (Å²) in [6.45, 7) is 3.61. The zero-order chi connectivity index (χ0) is 12.4. The Kier molecular flexibility index (Phi) is 2.95. The number of carboxylic acids is 1. The molecule has 1 N–H and O–H groups in total. The molecule has 0 atom stereocenters. The summed E-state index contributed by atoms with van der Waals surface area (Å²) in [5.74, 6) is -0.462. The number of fused-ring (bicyclic) bond motifs is 1. The highest BCUT2D eigenvalue weighted by atomic mass is 16.5. The van der Waals surface area contributed by atoms with Crippen LogP contribution in [0.1, 0.15) is 11.3 Å². The molecule has 0 fully saturated rings. The van der Waals surface area contributed by atoms with E-state index in [9.17, 15) is 4.79 Å². The molecule has 0 saturated carbocycles. The Balaban J connectivity index is 2.39. The molecule has 1 aromatic heterocycles. The Bertz CT molecular complexity index is 578. The van der Waals surface area contributed by atoms with Gasteiger partial charge in [-0.25, -0.2) is 4.79 Å². The van der Waals surface area contributed by atoms with E-state index < -0.39 is 5.97 Å². The first-order chi connectivity index (χ1) is 8.06. The summed E-state index contributed by atoms with van der Waals surface area (Å²) in [4.78, 5) is 14.8. The fourth-order valence-electron chi connectivity index (χ4n) is 1.79. The fraction of sp³-hybridized carbons (Fsp3) is 0.231. The van der Waals surface area contributed by atoms with Crippen LogP contribution in [0.4, 0.5) is 0 Å². The Hall–Kier alpha value is -2.10. The predicted molar refractivity (Wildman–Crippen MR) is 64.3 cm³/mol. The summed E-state index contributed by atoms with van der Waals surface area (Å²) < 4.78 is 5.12. The Morgan fingerprint density at radius 3 is 2.82 bits per heavy atom. The van der Waals surface area contributed by atoms with Gasteiger partial charge in [0.25, 0.3) is 0 Å². The average Bonchev–Trinajstić information content (AvgIpc) is 2.25. The molecule has 88 valence electrons. The second-order valence-electron chi connectivity index (χ2n) is 3.94. The fourth-order valence-corrected chi connectivity index (χ4v) is 1.79. The maximum Gasteiger partial charge on any atom is 0.341 e. The summed E-state index contributed by atoms with van der Waals surface area (Å²) in [5.41, 5.74) is 2.91. The highest BCUT2D eigenvalue weighted by molar-refractivity contribution is 5.83. The summed E-state index contributed by atoms with van der Waals surface area (Å²) >= 11 is 0. The lowest BCUT2D eigenvalue weighted by atomic mass is 10.1. The highest BCUT2D eigenvalue weighted by Crippen LogP contribution is 2.22. The van der Waals surface area contributed by atoms with Gasteiger partial charge in [-0.05, 0) is 37.6 Å². The average molecular weight is 231 g/mol. The van der Waals surface area contributed by atoms with Crippen LogP contribution >= 0.6 is 0 Å². The lowest BCUT2D eigenvalue weighted by molar-refractivity contribution is -0.139. The van der Waals surface area contributed by atoms with Crippen molar-refractivity contribution >= 4 is 16.9 Å². The lowest BCUT2D eigenvalue weighted by Gasteiger charge is -2.07. The van der Waals surface area contributed by atoms with E-state index in [4.69, 9.17) is 9.84 Å². The first-order valence-electron chi connectivity index (χ1n) is 5.29. The number of rotatable bonds is 3. The molecule has 0 radical (unpaired) electrons. The number of nitrogens with zero attached hydrogens (tertiary/aromatic N) is 1. The van der Waals surface area contributed by atoms with Gasteiger partial charge in [0.2, 0.25) is 0 Å². The van der Waals surface area contributed by atoms with E-state index in [-0.39, 0.29) is 6.61 Å². The molecular formula is C13H13NO3. The predicted octanol–water partition coefficient (Wildman–Crippen LogP) is 2.32. The molecule has 0 aliphatic carbocycles. The monoisotopic (exact) mass is 231 g/mol. The molecule has 0 amide bonds. The molecule has 0 saturated heterocycles. The molecule has 4 heteroatoms. The number of benzene rings is 1. The third-order valence-corrected chi connectivity index (χ3v) is 2.48. The van der Waals surface area contributed by atoms with Crippen LogP contribution in [-0.4, -0.2) is 22.7 Å². The number of aliphatic carboxylic acids is 1. The molecule has 0 unspecified atom stereocenters. The largest absolute Gasteiger partial charge is 0.482 e. The molecule has 4 nitrogen and oxygen atoms in total. The number of carboxylic acid groups (broad SMARTS) is 1. The molecule has 0 aliphatic rings. The summed E-state index contributed by atoms with van der Waals surface area (Å²) in [5, 5.41) is 9.59. The van der Waals surface area contributed by atoms with Crippen LogP contribution in [-0.2, 0) is 4.79 Å². The molecule has 1 aromatic carbocycles. The minimum absolute atomic E-state index is 0.337. The van der Waals surface area contributed by atoms with Gasteiger partial charge >= 0.3 is 5.97 Å². The van der Waals surface area contributed by atoms with Gasteiger partial charge in [0, 0.05) is 17.1 Å². The van der Waals surface area contributed by atoms with Crippen LogP contribution in [0.5, 0.6) is 5.75 Å². The normalized spacial score (nSPS) is 10.5. The van der Waals surface area contributed by atoms with Crippen molar-refractivity contribution in [1.82, 2.24) is 4.98 Å². The maximum absolute atomic E-state index is 10.4. The van der Waals surface area contributed by atoms with E-state index in [0.29, 0.717) is 5.75 Å². The van der Waals surface area contributed by atoms with Crippen molar-refractivity contribution in [3.05, 3.63) is 35.5 Å². The van der Waals surface area contributed by atoms with E-state index in [2.05, 4.69) is 4.98 Å². The Labute approximate surface area is 98.9 Å². The van der Waals surface area contributed by atoms with Gasteiger partial charge in [-0.2, -0.15) is 0 Å². The van der Waals surface area contributed by atoms with Crippen molar-refractivity contribution in [1.29, 1.82) is 0 Å². The third-order valence-electron chi connectivity index (χ3n) is 2.48. The minimum atomic E-state index is -0.988. The maximum atomic E-state index is 10.4. The standard InChI is InChI=1S/C13H13NO3/c1-8-5-9(2)14-12-6-10(3-4-11(8)12)17-7-13(15)16/h3-6H,7H2,1-2H3,(H,15,16). The highest BCUT2D eigenvalue weighted by Gasteiger charge is 2.04. The lowest BCUT2D eigenvalue weighted by Crippen LogP contribution is -2.09. The van der Waals surface area contributed by atoms with Crippen molar-refractivity contribution in [2.24, 2.45) is 0 Å². The van der Waals surface area contributed by atoms with E-state index in [1.54, 1.807) is 12.1 Å². The summed E-state index contributed by atoms with van der Waals surface area (Å²) in [6.07, 6.45) is 0. The van der Waals surface area contributed by atoms with Crippen molar-refractivity contribution in [3.63, 3.8) is 0 Å². The molecule has 0 aliphatic heterocycles. The smallest absolute Gasteiger partial charge is 0.341 e. The molecule has 0 spiro atoms. The van der Waals surface area contributed by atoms with Gasteiger partial charge in [0.1, 0.15) is 5.75 Å². The first-order valence-corrected chi connectivity index (χ1v) is 5.29. The number of aryl methyl sites for hydroxylation is 2. The molecular weight excluding hydrogens is 218 g/mol. The third kappa shape index (κ3) is 2.53.